The minimum Gasteiger partial charge on any atom is -0.464 e. The van der Waals surface area contributed by atoms with Crippen molar-refractivity contribution in [1.82, 2.24) is 9.36 Å². The van der Waals surface area contributed by atoms with Gasteiger partial charge in [-0.25, -0.2) is 0 Å². The lowest BCUT2D eigenvalue weighted by Crippen LogP contribution is -2.15. The molecule has 0 radical (unpaired) electrons. The molecule has 2 rings (SSSR count). The smallest absolute Gasteiger partial charge is 0.233 e. The van der Waals surface area contributed by atoms with E-state index in [0.29, 0.717) is 12.5 Å². The molecule has 0 amide bonds. The minimum absolute atomic E-state index is 0.317. The zero-order valence-electron chi connectivity index (χ0n) is 8.60. The SMILES string of the molecule is Cc1ccc(CN(C)c2nc(N)ns2)o1. The van der Waals surface area contributed by atoms with Crippen LogP contribution in [0.4, 0.5) is 11.1 Å². The van der Waals surface area contributed by atoms with Gasteiger partial charge in [0.25, 0.3) is 0 Å². The molecule has 0 saturated carbocycles. The molecule has 0 aliphatic heterocycles. The van der Waals surface area contributed by atoms with Crippen molar-refractivity contribution in [2.75, 3.05) is 17.7 Å². The summed E-state index contributed by atoms with van der Waals surface area (Å²) in [5.41, 5.74) is 5.45. The number of hydrogen-bond acceptors (Lipinski definition) is 6. The maximum Gasteiger partial charge on any atom is 0.233 e. The van der Waals surface area contributed by atoms with Gasteiger partial charge in [0.2, 0.25) is 11.1 Å². The molecule has 80 valence electrons. The van der Waals surface area contributed by atoms with Crippen LogP contribution >= 0.6 is 11.5 Å². The molecule has 5 nitrogen and oxygen atoms in total. The summed E-state index contributed by atoms with van der Waals surface area (Å²) in [6.07, 6.45) is 0. The van der Waals surface area contributed by atoms with Gasteiger partial charge in [-0.05, 0) is 19.1 Å². The molecule has 2 N–H and O–H groups in total. The fourth-order valence-corrected chi connectivity index (χ4v) is 1.81. The van der Waals surface area contributed by atoms with E-state index in [4.69, 9.17) is 10.2 Å². The lowest BCUT2D eigenvalue weighted by Gasteiger charge is -2.12. The Morgan fingerprint density at radius 1 is 1.53 bits per heavy atom. The highest BCUT2D eigenvalue weighted by atomic mass is 32.1. The van der Waals surface area contributed by atoms with Gasteiger partial charge in [0, 0.05) is 18.6 Å². The number of nitrogens with zero attached hydrogens (tertiary/aromatic N) is 3. The van der Waals surface area contributed by atoms with Gasteiger partial charge in [-0.2, -0.15) is 9.36 Å². The molecule has 6 heteroatoms. The highest BCUT2D eigenvalue weighted by Crippen LogP contribution is 2.19. The molecule has 0 aliphatic carbocycles. The van der Waals surface area contributed by atoms with Crippen LogP contribution in [0.5, 0.6) is 0 Å². The van der Waals surface area contributed by atoms with Gasteiger partial charge >= 0.3 is 0 Å². The fraction of sp³-hybridized carbons (Fsp3) is 0.333. The van der Waals surface area contributed by atoms with Gasteiger partial charge in [-0.1, -0.05) is 0 Å². The van der Waals surface area contributed by atoms with Gasteiger partial charge in [-0.15, -0.1) is 0 Å². The first-order valence-corrected chi connectivity index (χ1v) is 5.28. The van der Waals surface area contributed by atoms with Crippen LogP contribution in [0, 0.1) is 6.92 Å². The van der Waals surface area contributed by atoms with E-state index in [1.54, 1.807) is 0 Å². The first-order valence-electron chi connectivity index (χ1n) is 4.51. The Balaban J connectivity index is 2.06. The Morgan fingerprint density at radius 3 is 2.87 bits per heavy atom. The predicted molar refractivity (Wildman–Crippen MR) is 59.9 cm³/mol. The lowest BCUT2D eigenvalue weighted by molar-refractivity contribution is 0.481. The number of nitrogen functional groups attached to an aromatic ring is 1. The molecular formula is C9H12N4OS. The maximum absolute atomic E-state index is 5.47. The van der Waals surface area contributed by atoms with Crippen molar-refractivity contribution in [2.24, 2.45) is 0 Å². The number of aromatic nitrogens is 2. The van der Waals surface area contributed by atoms with Crippen molar-refractivity contribution in [2.45, 2.75) is 13.5 Å². The maximum atomic E-state index is 5.47. The van der Waals surface area contributed by atoms with Crippen LogP contribution in [0.25, 0.3) is 0 Å². The van der Waals surface area contributed by atoms with Gasteiger partial charge in [-0.3, -0.25) is 0 Å². The minimum atomic E-state index is 0.317. The predicted octanol–water partition coefficient (Wildman–Crippen LogP) is 1.66. The standard InChI is InChI=1S/C9H12N4OS/c1-6-3-4-7(14-6)5-13(2)9-11-8(10)12-15-9/h3-4H,5H2,1-2H3,(H2,10,12). The van der Waals surface area contributed by atoms with E-state index in [-0.39, 0.29) is 0 Å². The van der Waals surface area contributed by atoms with Crippen LogP contribution in [0.15, 0.2) is 16.5 Å². The Bertz CT molecular complexity index is 450. The van der Waals surface area contributed by atoms with E-state index in [1.807, 2.05) is 31.0 Å². The van der Waals surface area contributed by atoms with Crippen molar-refractivity contribution >= 4 is 22.6 Å². The summed E-state index contributed by atoms with van der Waals surface area (Å²) in [5.74, 6) is 2.14. The molecule has 2 aromatic heterocycles. The first-order chi connectivity index (χ1) is 7.15. The quantitative estimate of drug-likeness (QED) is 0.858. The summed E-state index contributed by atoms with van der Waals surface area (Å²) in [7, 11) is 1.93. The van der Waals surface area contributed by atoms with E-state index < -0.39 is 0 Å². The van der Waals surface area contributed by atoms with Gasteiger partial charge in [0.15, 0.2) is 0 Å². The average Bonchev–Trinajstić information content (AvgIpc) is 2.75. The van der Waals surface area contributed by atoms with Crippen LogP contribution in [-0.4, -0.2) is 16.4 Å². The van der Waals surface area contributed by atoms with Gasteiger partial charge < -0.3 is 15.1 Å². The first kappa shape index (κ1) is 9.97. The van der Waals surface area contributed by atoms with Gasteiger partial charge in [0.1, 0.15) is 11.5 Å². The van der Waals surface area contributed by atoms with Crippen LogP contribution in [0.1, 0.15) is 11.5 Å². The molecular weight excluding hydrogens is 212 g/mol. The average molecular weight is 224 g/mol. The third kappa shape index (κ3) is 2.27. The van der Waals surface area contributed by atoms with Crippen LogP contribution in [0.3, 0.4) is 0 Å². The van der Waals surface area contributed by atoms with E-state index in [1.165, 1.54) is 11.5 Å². The number of furan rings is 1. The molecule has 0 unspecified atom stereocenters. The summed E-state index contributed by atoms with van der Waals surface area (Å²) in [5, 5.41) is 0.793. The van der Waals surface area contributed by atoms with Crippen molar-refractivity contribution in [3.05, 3.63) is 23.7 Å². The summed E-state index contributed by atoms with van der Waals surface area (Å²) >= 11 is 1.28. The summed E-state index contributed by atoms with van der Waals surface area (Å²) in [4.78, 5) is 6.03. The van der Waals surface area contributed by atoms with Crippen LogP contribution < -0.4 is 10.6 Å². The summed E-state index contributed by atoms with van der Waals surface area (Å²) in [6.45, 7) is 2.59. The number of hydrogen-bond donors (Lipinski definition) is 1. The highest BCUT2D eigenvalue weighted by Gasteiger charge is 2.09. The molecule has 2 heterocycles. The van der Waals surface area contributed by atoms with Crippen molar-refractivity contribution < 1.29 is 4.42 Å². The highest BCUT2D eigenvalue weighted by molar-refractivity contribution is 7.09. The largest absolute Gasteiger partial charge is 0.464 e. The topological polar surface area (TPSA) is 68.2 Å². The second-order valence-corrected chi connectivity index (χ2v) is 4.03. The normalized spacial score (nSPS) is 10.5. The van der Waals surface area contributed by atoms with Crippen molar-refractivity contribution in [1.29, 1.82) is 0 Å². The van der Waals surface area contributed by atoms with Crippen LogP contribution in [0.2, 0.25) is 0 Å². The molecule has 0 fully saturated rings. The summed E-state index contributed by atoms with van der Waals surface area (Å²) < 4.78 is 9.39. The third-order valence-corrected chi connectivity index (χ3v) is 2.79. The number of rotatable bonds is 3. The zero-order chi connectivity index (χ0) is 10.8. The molecule has 2 aromatic rings. The molecule has 0 atom stereocenters. The molecule has 0 saturated heterocycles. The third-order valence-electron chi connectivity index (χ3n) is 1.95. The molecule has 0 bridgehead atoms. The number of nitrogens with two attached hydrogens (primary N) is 1. The number of aryl methyl sites for hydroxylation is 1. The van der Waals surface area contributed by atoms with E-state index in [0.717, 1.165) is 16.7 Å². The Hall–Kier alpha value is -1.56. The molecule has 0 aromatic carbocycles. The Morgan fingerprint density at radius 2 is 2.33 bits per heavy atom. The Labute approximate surface area is 91.7 Å². The lowest BCUT2D eigenvalue weighted by atomic mass is 10.4. The zero-order valence-corrected chi connectivity index (χ0v) is 9.41. The van der Waals surface area contributed by atoms with E-state index in [2.05, 4.69) is 9.36 Å². The molecule has 15 heavy (non-hydrogen) atoms. The molecule has 0 spiro atoms. The Kier molecular flexibility index (Phi) is 2.59. The van der Waals surface area contributed by atoms with Gasteiger partial charge in [0.05, 0.1) is 6.54 Å². The van der Waals surface area contributed by atoms with E-state index in [9.17, 15) is 0 Å². The number of anilines is 2. The summed E-state index contributed by atoms with van der Waals surface area (Å²) in [6, 6.07) is 3.90. The molecule has 0 aliphatic rings. The van der Waals surface area contributed by atoms with Crippen molar-refractivity contribution in [3.8, 4) is 0 Å². The van der Waals surface area contributed by atoms with E-state index >= 15 is 0 Å². The second kappa shape index (κ2) is 3.90. The van der Waals surface area contributed by atoms with Crippen LogP contribution in [-0.2, 0) is 6.54 Å². The van der Waals surface area contributed by atoms with Crippen molar-refractivity contribution in [3.63, 3.8) is 0 Å². The second-order valence-electron chi connectivity index (χ2n) is 3.30. The monoisotopic (exact) mass is 224 g/mol. The fourth-order valence-electron chi connectivity index (χ4n) is 1.25.